The number of carbonyl (C=O) groups is 2. The lowest BCUT2D eigenvalue weighted by Gasteiger charge is -2.22. The summed E-state index contributed by atoms with van der Waals surface area (Å²) in [5, 5.41) is 5.64. The van der Waals surface area contributed by atoms with Crippen LogP contribution in [0.4, 0.5) is 28.9 Å². The number of carbonyl (C=O) groups excluding carboxylic acids is 2. The molecule has 0 fully saturated rings. The Morgan fingerprint density at radius 2 is 1.68 bits per heavy atom. The maximum Gasteiger partial charge on any atom is 0.417 e. The van der Waals surface area contributed by atoms with Gasteiger partial charge in [0.15, 0.2) is 6.61 Å². The molecule has 212 valence electrons. The lowest BCUT2D eigenvalue weighted by Crippen LogP contribution is -2.39. The number of amides is 2. The van der Waals surface area contributed by atoms with Crippen LogP contribution in [0.1, 0.15) is 11.1 Å². The Labute approximate surface area is 231 Å². The molecule has 0 spiro atoms. The van der Waals surface area contributed by atoms with Crippen molar-refractivity contribution in [3.05, 3.63) is 88.7 Å². The van der Waals surface area contributed by atoms with Crippen molar-refractivity contribution in [3.8, 4) is 5.75 Å². The number of halogens is 5. The first-order chi connectivity index (χ1) is 18.7. The minimum absolute atomic E-state index is 0.310. The van der Waals surface area contributed by atoms with Gasteiger partial charge in [0.2, 0.25) is 10.0 Å². The first-order valence-corrected chi connectivity index (χ1v) is 13.4. The molecular formula is C25H21ClF4N4O5S. The molecule has 0 aliphatic carbocycles. The van der Waals surface area contributed by atoms with Crippen LogP contribution < -0.4 is 19.8 Å². The number of sulfonamides is 1. The molecule has 0 aliphatic rings. The van der Waals surface area contributed by atoms with Crippen LogP contribution in [-0.4, -0.2) is 45.9 Å². The number of rotatable bonds is 10. The fourth-order valence-corrected chi connectivity index (χ4v) is 4.23. The third kappa shape index (κ3) is 8.95. The van der Waals surface area contributed by atoms with Crippen molar-refractivity contribution < 1.29 is 40.3 Å². The van der Waals surface area contributed by atoms with Crippen LogP contribution in [0, 0.1) is 5.82 Å². The second-order valence-corrected chi connectivity index (χ2v) is 10.5. The van der Waals surface area contributed by atoms with E-state index < -0.39 is 56.6 Å². The second kappa shape index (κ2) is 12.8. The number of nitrogens with one attached hydrogen (secondary N) is 2. The zero-order valence-corrected chi connectivity index (χ0v) is 22.1. The molecule has 2 N–H and O–H groups in total. The van der Waals surface area contributed by atoms with E-state index in [1.54, 1.807) is 12.1 Å². The van der Waals surface area contributed by atoms with E-state index in [-0.39, 0.29) is 6.61 Å². The van der Waals surface area contributed by atoms with E-state index in [0.29, 0.717) is 27.4 Å². The molecule has 0 radical (unpaired) electrons. The van der Waals surface area contributed by atoms with Gasteiger partial charge in [0.05, 0.1) is 28.7 Å². The van der Waals surface area contributed by atoms with Crippen molar-refractivity contribution in [1.82, 2.24) is 5.43 Å². The Hall–Kier alpha value is -4.17. The maximum atomic E-state index is 13.2. The highest BCUT2D eigenvalue weighted by Crippen LogP contribution is 2.37. The number of anilines is 2. The monoisotopic (exact) mass is 600 g/mol. The predicted molar refractivity (Wildman–Crippen MR) is 141 cm³/mol. The molecule has 3 aromatic rings. The SMILES string of the molecule is CS(=O)(=O)N(CC(=O)N/N=C/c1ccc(OCC(=O)Nc2ccc(F)cc2)cc1)c1ccc(Cl)c(C(F)(F)F)c1. The molecular weight excluding hydrogens is 580 g/mol. The van der Waals surface area contributed by atoms with Crippen LogP contribution in [0.2, 0.25) is 5.02 Å². The van der Waals surface area contributed by atoms with E-state index >= 15 is 0 Å². The zero-order valence-electron chi connectivity index (χ0n) is 20.6. The Morgan fingerprint density at radius 1 is 1.02 bits per heavy atom. The highest BCUT2D eigenvalue weighted by atomic mass is 35.5. The van der Waals surface area contributed by atoms with E-state index in [1.165, 1.54) is 42.6 Å². The quantitative estimate of drug-likeness (QED) is 0.203. The number of alkyl halides is 3. The molecule has 2 amide bonds. The number of hydrazone groups is 1. The zero-order chi connectivity index (χ0) is 29.5. The molecule has 0 bridgehead atoms. The molecule has 3 rings (SSSR count). The van der Waals surface area contributed by atoms with Gasteiger partial charge in [-0.1, -0.05) is 11.6 Å². The summed E-state index contributed by atoms with van der Waals surface area (Å²) in [7, 11) is -4.15. The van der Waals surface area contributed by atoms with E-state index in [0.717, 1.165) is 18.4 Å². The summed E-state index contributed by atoms with van der Waals surface area (Å²) in [6.45, 7) is -1.16. The minimum atomic E-state index is -4.83. The van der Waals surface area contributed by atoms with Gasteiger partial charge in [-0.25, -0.2) is 18.2 Å². The highest BCUT2D eigenvalue weighted by Gasteiger charge is 2.34. The van der Waals surface area contributed by atoms with Crippen LogP contribution in [0.15, 0.2) is 71.8 Å². The van der Waals surface area contributed by atoms with Gasteiger partial charge >= 0.3 is 6.18 Å². The smallest absolute Gasteiger partial charge is 0.417 e. The first-order valence-electron chi connectivity index (χ1n) is 11.2. The number of hydrogen-bond donors (Lipinski definition) is 2. The molecule has 0 atom stereocenters. The summed E-state index contributed by atoms with van der Waals surface area (Å²) in [5.74, 6) is -1.47. The Kier molecular flexibility index (Phi) is 9.71. The fraction of sp³-hybridized carbons (Fsp3) is 0.160. The summed E-state index contributed by atoms with van der Waals surface area (Å²) >= 11 is 5.59. The Bertz CT molecular complexity index is 1500. The van der Waals surface area contributed by atoms with Gasteiger partial charge < -0.3 is 10.1 Å². The lowest BCUT2D eigenvalue weighted by atomic mass is 10.2. The number of hydrogen-bond acceptors (Lipinski definition) is 6. The third-order valence-electron chi connectivity index (χ3n) is 5.01. The van der Waals surface area contributed by atoms with Crippen LogP contribution in [-0.2, 0) is 25.8 Å². The Morgan fingerprint density at radius 3 is 2.27 bits per heavy atom. The van der Waals surface area contributed by atoms with E-state index in [1.807, 2.05) is 0 Å². The number of benzene rings is 3. The second-order valence-electron chi connectivity index (χ2n) is 8.14. The van der Waals surface area contributed by atoms with Crippen molar-refractivity contribution in [1.29, 1.82) is 0 Å². The average Bonchev–Trinajstić information content (AvgIpc) is 2.87. The highest BCUT2D eigenvalue weighted by molar-refractivity contribution is 7.92. The van der Waals surface area contributed by atoms with Gasteiger partial charge in [0, 0.05) is 5.69 Å². The van der Waals surface area contributed by atoms with Gasteiger partial charge in [0.1, 0.15) is 18.1 Å². The first kappa shape index (κ1) is 30.4. The number of nitrogens with zero attached hydrogens (tertiary/aromatic N) is 2. The molecule has 9 nitrogen and oxygen atoms in total. The molecule has 0 unspecified atom stereocenters. The molecule has 0 saturated heterocycles. The largest absolute Gasteiger partial charge is 0.484 e. The van der Waals surface area contributed by atoms with E-state index in [2.05, 4.69) is 15.8 Å². The summed E-state index contributed by atoms with van der Waals surface area (Å²) in [6, 6.07) is 13.8. The lowest BCUT2D eigenvalue weighted by molar-refractivity contribution is -0.137. The molecule has 3 aromatic carbocycles. The standard InChI is InChI=1S/C25H21ClF4N4O5S/c1-40(37,38)34(19-8-11-22(26)21(12-19)25(28,29)30)14-23(35)33-31-13-16-2-9-20(10-3-16)39-15-24(36)32-18-6-4-17(27)5-7-18/h2-13H,14-15H2,1H3,(H,32,36)(H,33,35)/b31-13+. The van der Waals surface area contributed by atoms with E-state index in [9.17, 15) is 35.6 Å². The fourth-order valence-electron chi connectivity index (χ4n) is 3.16. The van der Waals surface area contributed by atoms with Crippen molar-refractivity contribution in [2.45, 2.75) is 6.18 Å². The van der Waals surface area contributed by atoms with Crippen LogP contribution in [0.5, 0.6) is 5.75 Å². The predicted octanol–water partition coefficient (Wildman–Crippen LogP) is 4.43. The van der Waals surface area contributed by atoms with Gasteiger partial charge in [-0.15, -0.1) is 0 Å². The van der Waals surface area contributed by atoms with Crippen LogP contribution in [0.25, 0.3) is 0 Å². The van der Waals surface area contributed by atoms with Crippen LogP contribution in [0.3, 0.4) is 0 Å². The number of ether oxygens (including phenoxy) is 1. The van der Waals surface area contributed by atoms with Crippen molar-refractivity contribution in [3.63, 3.8) is 0 Å². The van der Waals surface area contributed by atoms with Crippen molar-refractivity contribution in [2.75, 3.05) is 29.0 Å². The summed E-state index contributed by atoms with van der Waals surface area (Å²) in [6.07, 6.45) is -2.86. The average molecular weight is 601 g/mol. The summed E-state index contributed by atoms with van der Waals surface area (Å²) < 4.78 is 82.7. The van der Waals surface area contributed by atoms with Crippen molar-refractivity contribution in [2.24, 2.45) is 5.10 Å². The maximum absolute atomic E-state index is 13.2. The molecule has 0 heterocycles. The third-order valence-corrected chi connectivity index (χ3v) is 6.48. The topological polar surface area (TPSA) is 117 Å². The van der Waals surface area contributed by atoms with E-state index in [4.69, 9.17) is 16.3 Å². The van der Waals surface area contributed by atoms with Gasteiger partial charge in [-0.3, -0.25) is 13.9 Å². The van der Waals surface area contributed by atoms with Crippen LogP contribution >= 0.6 is 11.6 Å². The summed E-state index contributed by atoms with van der Waals surface area (Å²) in [5.41, 5.74) is 1.36. The molecule has 40 heavy (non-hydrogen) atoms. The Balaban J connectivity index is 1.55. The molecule has 15 heteroatoms. The van der Waals surface area contributed by atoms with Gasteiger partial charge in [-0.05, 0) is 72.3 Å². The van der Waals surface area contributed by atoms with Crippen molar-refractivity contribution >= 4 is 51.0 Å². The summed E-state index contributed by atoms with van der Waals surface area (Å²) in [4.78, 5) is 24.3. The minimum Gasteiger partial charge on any atom is -0.484 e. The molecule has 0 saturated carbocycles. The van der Waals surface area contributed by atoms with Gasteiger partial charge in [-0.2, -0.15) is 18.3 Å². The van der Waals surface area contributed by atoms with Gasteiger partial charge in [0.25, 0.3) is 11.8 Å². The molecule has 0 aromatic heterocycles. The normalized spacial score (nSPS) is 11.8. The molecule has 0 aliphatic heterocycles.